The number of rotatable bonds is 8. The first-order chi connectivity index (χ1) is 13.1. The molecule has 2 N–H and O–H groups in total. The predicted molar refractivity (Wildman–Crippen MR) is 106 cm³/mol. The second-order valence-corrected chi connectivity index (χ2v) is 6.52. The van der Waals surface area contributed by atoms with Crippen molar-refractivity contribution in [3.8, 4) is 17.2 Å². The number of ether oxygens (including phenoxy) is 3. The average Bonchev–Trinajstić information content (AvgIpc) is 3.09. The molecule has 0 atom stereocenters. The topological polar surface area (TPSA) is 85.5 Å². The van der Waals surface area contributed by atoms with Gasteiger partial charge in [-0.2, -0.15) is 0 Å². The number of amides is 1. The Morgan fingerprint density at radius 1 is 1.15 bits per heavy atom. The second kappa shape index (κ2) is 8.68. The summed E-state index contributed by atoms with van der Waals surface area (Å²) >= 11 is 1.33. The SMILES string of the molecule is CCOc1ccc2nc(SCC(=O)Nc3ccc(OC)cc3OC)[nH]c2c1. The molecule has 3 aromatic rings. The first kappa shape index (κ1) is 18.9. The number of carbonyl (C=O) groups excluding carboxylic acids is 1. The molecule has 0 spiro atoms. The molecule has 0 saturated carbocycles. The van der Waals surface area contributed by atoms with Gasteiger partial charge in [-0.05, 0) is 31.2 Å². The Hall–Kier alpha value is -2.87. The standard InChI is InChI=1S/C19H21N3O4S/c1-4-26-13-6-7-14-16(9-13)22-19(21-14)27-11-18(23)20-15-8-5-12(24-2)10-17(15)25-3/h5-10H,4,11H2,1-3H3,(H,20,23)(H,21,22). The summed E-state index contributed by atoms with van der Waals surface area (Å²) < 4.78 is 15.9. The van der Waals surface area contributed by atoms with Crippen LogP contribution in [0.5, 0.6) is 17.2 Å². The number of nitrogens with one attached hydrogen (secondary N) is 2. The molecule has 1 aromatic heterocycles. The molecule has 27 heavy (non-hydrogen) atoms. The van der Waals surface area contributed by atoms with Crippen molar-refractivity contribution in [3.05, 3.63) is 36.4 Å². The van der Waals surface area contributed by atoms with Crippen molar-refractivity contribution >= 4 is 34.4 Å². The van der Waals surface area contributed by atoms with Crippen molar-refractivity contribution < 1.29 is 19.0 Å². The fourth-order valence-corrected chi connectivity index (χ4v) is 3.20. The van der Waals surface area contributed by atoms with Crippen molar-refractivity contribution in [1.82, 2.24) is 9.97 Å². The van der Waals surface area contributed by atoms with E-state index < -0.39 is 0 Å². The zero-order chi connectivity index (χ0) is 19.2. The fourth-order valence-electron chi connectivity index (χ4n) is 2.51. The van der Waals surface area contributed by atoms with Crippen LogP contribution in [0.4, 0.5) is 5.69 Å². The number of fused-ring (bicyclic) bond motifs is 1. The highest BCUT2D eigenvalue weighted by molar-refractivity contribution is 7.99. The molecule has 0 aliphatic carbocycles. The van der Waals surface area contributed by atoms with Gasteiger partial charge in [0, 0.05) is 12.1 Å². The molecule has 7 nitrogen and oxygen atoms in total. The van der Waals surface area contributed by atoms with Gasteiger partial charge in [-0.1, -0.05) is 11.8 Å². The first-order valence-electron chi connectivity index (χ1n) is 8.40. The molecule has 0 aliphatic heterocycles. The average molecular weight is 387 g/mol. The minimum atomic E-state index is -0.154. The van der Waals surface area contributed by atoms with E-state index in [0.717, 1.165) is 16.8 Å². The predicted octanol–water partition coefficient (Wildman–Crippen LogP) is 3.71. The van der Waals surface area contributed by atoms with E-state index in [9.17, 15) is 4.79 Å². The van der Waals surface area contributed by atoms with Gasteiger partial charge in [-0.25, -0.2) is 4.98 Å². The van der Waals surface area contributed by atoms with Gasteiger partial charge in [0.1, 0.15) is 17.2 Å². The Bertz CT molecular complexity index is 942. The lowest BCUT2D eigenvalue weighted by atomic mass is 10.2. The lowest BCUT2D eigenvalue weighted by molar-refractivity contribution is -0.113. The fraction of sp³-hybridized carbons (Fsp3) is 0.263. The van der Waals surface area contributed by atoms with Gasteiger partial charge in [0.25, 0.3) is 0 Å². The Kier molecular flexibility index (Phi) is 6.08. The Morgan fingerprint density at radius 2 is 1.96 bits per heavy atom. The highest BCUT2D eigenvalue weighted by Crippen LogP contribution is 2.29. The Morgan fingerprint density at radius 3 is 2.70 bits per heavy atom. The zero-order valence-electron chi connectivity index (χ0n) is 15.4. The quantitative estimate of drug-likeness (QED) is 0.573. The molecular weight excluding hydrogens is 366 g/mol. The molecule has 1 heterocycles. The maximum absolute atomic E-state index is 12.3. The number of thioether (sulfide) groups is 1. The number of anilines is 1. The van der Waals surface area contributed by atoms with Gasteiger partial charge in [0.15, 0.2) is 5.16 Å². The largest absolute Gasteiger partial charge is 0.497 e. The number of benzene rings is 2. The van der Waals surface area contributed by atoms with Crippen LogP contribution in [0, 0.1) is 0 Å². The summed E-state index contributed by atoms with van der Waals surface area (Å²) in [5.74, 6) is 2.05. The molecular formula is C19H21N3O4S. The number of aromatic amines is 1. The zero-order valence-corrected chi connectivity index (χ0v) is 16.2. The number of hydrogen-bond donors (Lipinski definition) is 2. The molecule has 2 aromatic carbocycles. The van der Waals surface area contributed by atoms with Crippen LogP contribution >= 0.6 is 11.8 Å². The highest BCUT2D eigenvalue weighted by Gasteiger charge is 2.11. The Labute approximate surface area is 161 Å². The van der Waals surface area contributed by atoms with E-state index in [0.29, 0.717) is 28.9 Å². The van der Waals surface area contributed by atoms with E-state index in [2.05, 4.69) is 15.3 Å². The van der Waals surface area contributed by atoms with Crippen LogP contribution in [-0.4, -0.2) is 42.5 Å². The molecule has 1 amide bonds. The van der Waals surface area contributed by atoms with Crippen molar-refractivity contribution in [1.29, 1.82) is 0 Å². The summed E-state index contributed by atoms with van der Waals surface area (Å²) in [6, 6.07) is 10.9. The number of H-pyrrole nitrogens is 1. The minimum absolute atomic E-state index is 0.154. The lowest BCUT2D eigenvalue weighted by Gasteiger charge is -2.11. The molecule has 0 bridgehead atoms. The van der Waals surface area contributed by atoms with E-state index in [1.54, 1.807) is 32.4 Å². The summed E-state index contributed by atoms with van der Waals surface area (Å²) in [7, 11) is 3.12. The molecule has 0 fully saturated rings. The van der Waals surface area contributed by atoms with Crippen molar-refractivity contribution in [2.75, 3.05) is 31.9 Å². The lowest BCUT2D eigenvalue weighted by Crippen LogP contribution is -2.14. The van der Waals surface area contributed by atoms with Gasteiger partial charge >= 0.3 is 0 Å². The third-order valence-corrected chi connectivity index (χ3v) is 4.64. The smallest absolute Gasteiger partial charge is 0.234 e. The third kappa shape index (κ3) is 4.65. The summed E-state index contributed by atoms with van der Waals surface area (Å²) in [6.07, 6.45) is 0. The van der Waals surface area contributed by atoms with E-state index in [-0.39, 0.29) is 11.7 Å². The third-order valence-electron chi connectivity index (χ3n) is 3.77. The molecule has 3 rings (SSSR count). The van der Waals surface area contributed by atoms with Crippen LogP contribution in [-0.2, 0) is 4.79 Å². The second-order valence-electron chi connectivity index (χ2n) is 5.56. The van der Waals surface area contributed by atoms with Gasteiger partial charge in [-0.15, -0.1) is 0 Å². The summed E-state index contributed by atoms with van der Waals surface area (Å²) in [4.78, 5) is 20.0. The number of nitrogens with zero attached hydrogens (tertiary/aromatic N) is 1. The normalized spacial score (nSPS) is 10.6. The summed E-state index contributed by atoms with van der Waals surface area (Å²) in [6.45, 7) is 2.55. The molecule has 8 heteroatoms. The van der Waals surface area contributed by atoms with Crippen LogP contribution in [0.2, 0.25) is 0 Å². The van der Waals surface area contributed by atoms with Gasteiger partial charge in [-0.3, -0.25) is 4.79 Å². The molecule has 0 unspecified atom stereocenters. The van der Waals surface area contributed by atoms with Crippen molar-refractivity contribution in [2.24, 2.45) is 0 Å². The first-order valence-corrected chi connectivity index (χ1v) is 9.38. The van der Waals surface area contributed by atoms with Crippen LogP contribution in [0.1, 0.15) is 6.92 Å². The highest BCUT2D eigenvalue weighted by atomic mass is 32.2. The molecule has 0 saturated heterocycles. The van der Waals surface area contributed by atoms with Gasteiger partial charge in [0.05, 0.1) is 43.3 Å². The molecule has 142 valence electrons. The van der Waals surface area contributed by atoms with E-state index in [4.69, 9.17) is 14.2 Å². The van der Waals surface area contributed by atoms with E-state index in [1.165, 1.54) is 11.8 Å². The number of aromatic nitrogens is 2. The number of carbonyl (C=O) groups is 1. The van der Waals surface area contributed by atoms with Gasteiger partial charge < -0.3 is 24.5 Å². The Balaban J connectivity index is 1.63. The monoisotopic (exact) mass is 387 g/mol. The number of imidazole rings is 1. The van der Waals surface area contributed by atoms with Gasteiger partial charge in [0.2, 0.25) is 5.91 Å². The van der Waals surface area contributed by atoms with Crippen LogP contribution in [0.3, 0.4) is 0 Å². The summed E-state index contributed by atoms with van der Waals surface area (Å²) in [5, 5.41) is 3.52. The number of methoxy groups -OCH3 is 2. The maximum Gasteiger partial charge on any atom is 0.234 e. The van der Waals surface area contributed by atoms with E-state index >= 15 is 0 Å². The summed E-state index contributed by atoms with van der Waals surface area (Å²) in [5.41, 5.74) is 2.30. The molecule has 0 aliphatic rings. The number of hydrogen-bond acceptors (Lipinski definition) is 6. The van der Waals surface area contributed by atoms with Crippen molar-refractivity contribution in [3.63, 3.8) is 0 Å². The maximum atomic E-state index is 12.3. The van der Waals surface area contributed by atoms with E-state index in [1.807, 2.05) is 25.1 Å². The van der Waals surface area contributed by atoms with Crippen LogP contribution in [0.15, 0.2) is 41.6 Å². The molecule has 0 radical (unpaired) electrons. The van der Waals surface area contributed by atoms with Crippen LogP contribution < -0.4 is 19.5 Å². The minimum Gasteiger partial charge on any atom is -0.497 e. The van der Waals surface area contributed by atoms with Crippen LogP contribution in [0.25, 0.3) is 11.0 Å². The van der Waals surface area contributed by atoms with Crippen molar-refractivity contribution in [2.45, 2.75) is 12.1 Å².